The van der Waals surface area contributed by atoms with E-state index in [0.29, 0.717) is 0 Å². The van der Waals surface area contributed by atoms with E-state index in [9.17, 15) is 24.6 Å². The number of aliphatic hydroxyl groups is 2. The molecular formula is C40H50O11Si. The number of benzene rings is 2. The number of carbonyl (C=O) groups is 4. The van der Waals surface area contributed by atoms with Gasteiger partial charge in [0.25, 0.3) is 0 Å². The third-order valence-electron chi connectivity index (χ3n) is 12.3. The molecule has 0 radical (unpaired) electrons. The maximum Gasteiger partial charge on any atom is 0.338 e. The molecule has 280 valence electrons. The van der Waals surface area contributed by atoms with Gasteiger partial charge in [-0.25, -0.2) is 4.79 Å². The third kappa shape index (κ3) is 5.78. The zero-order chi connectivity index (χ0) is 38.0. The molecule has 3 fully saturated rings. The second-order valence-corrected chi connectivity index (χ2v) is 19.9. The van der Waals surface area contributed by atoms with Gasteiger partial charge in [-0.2, -0.15) is 0 Å². The van der Waals surface area contributed by atoms with Gasteiger partial charge in [-0.1, -0.05) is 76.2 Å². The van der Waals surface area contributed by atoms with Crippen molar-refractivity contribution < 1.29 is 52.8 Å². The molecule has 2 bridgehead atoms. The molecule has 9 atom stereocenters. The highest BCUT2D eigenvalue weighted by Gasteiger charge is 2.78. The van der Waals surface area contributed by atoms with E-state index in [-0.39, 0.29) is 42.8 Å². The van der Waals surface area contributed by atoms with E-state index < -0.39 is 90.3 Å². The quantitative estimate of drug-likeness (QED) is 0.226. The molecular weight excluding hydrogens is 685 g/mol. The van der Waals surface area contributed by atoms with Crippen LogP contribution >= 0.6 is 0 Å². The number of hydrogen-bond donors (Lipinski definition) is 2. The van der Waals surface area contributed by atoms with Crippen LogP contribution in [0.15, 0.2) is 72.0 Å². The highest BCUT2D eigenvalue weighted by atomic mass is 28.4. The van der Waals surface area contributed by atoms with Gasteiger partial charge in [0.15, 0.2) is 11.4 Å². The smallest absolute Gasteiger partial charge is 0.338 e. The number of rotatable bonds is 8. The van der Waals surface area contributed by atoms with E-state index in [1.165, 1.54) is 6.92 Å². The van der Waals surface area contributed by atoms with Crippen LogP contribution in [0.5, 0.6) is 0 Å². The van der Waals surface area contributed by atoms with Crippen LogP contribution in [0.25, 0.3) is 0 Å². The largest absolute Gasteiger partial charge is 0.455 e. The number of ketones is 1. The Balaban J connectivity index is 1.69. The topological polar surface area (TPSA) is 155 Å². The van der Waals surface area contributed by atoms with Crippen LogP contribution in [0.1, 0.15) is 71.2 Å². The Bertz CT molecular complexity index is 1770. The molecule has 2 aromatic rings. The van der Waals surface area contributed by atoms with Crippen molar-refractivity contribution in [1.82, 2.24) is 0 Å². The maximum absolute atomic E-state index is 15.8. The molecule has 0 spiro atoms. The van der Waals surface area contributed by atoms with Gasteiger partial charge in [-0.3, -0.25) is 14.4 Å². The number of ether oxygens (including phenoxy) is 4. The Hall–Kier alpha value is -3.68. The SMILES string of the molecule is CCC(=O)OC1=C2C(C)[C@@H](O)C[C@@](O)([C@@H](OC(=O)c3ccccc3)C3[C@](C)(C1=O)C(O[Si](C)(C)c1ccccc1)C[C@H]1OC[C@@]31OC(C)=O)C2(C)C. The highest BCUT2D eigenvalue weighted by Crippen LogP contribution is 2.65. The molecule has 1 saturated heterocycles. The van der Waals surface area contributed by atoms with Gasteiger partial charge in [0.2, 0.25) is 14.1 Å². The van der Waals surface area contributed by atoms with Crippen molar-refractivity contribution >= 4 is 37.2 Å². The summed E-state index contributed by atoms with van der Waals surface area (Å²) >= 11 is 0. The van der Waals surface area contributed by atoms with Crippen LogP contribution in [-0.4, -0.2) is 84.4 Å². The van der Waals surface area contributed by atoms with Crippen LogP contribution in [-0.2, 0) is 37.8 Å². The van der Waals surface area contributed by atoms with Gasteiger partial charge in [0.05, 0.1) is 35.7 Å². The van der Waals surface area contributed by atoms with Gasteiger partial charge < -0.3 is 33.6 Å². The first kappa shape index (κ1) is 38.1. The van der Waals surface area contributed by atoms with E-state index in [1.54, 1.807) is 65.0 Å². The van der Waals surface area contributed by atoms with Crippen LogP contribution in [0.4, 0.5) is 0 Å². The fourth-order valence-electron chi connectivity index (χ4n) is 9.35. The number of hydrogen-bond acceptors (Lipinski definition) is 11. The molecule has 52 heavy (non-hydrogen) atoms. The predicted octanol–water partition coefficient (Wildman–Crippen LogP) is 4.38. The van der Waals surface area contributed by atoms with E-state index in [4.69, 9.17) is 23.4 Å². The van der Waals surface area contributed by atoms with Crippen LogP contribution in [0, 0.1) is 22.7 Å². The van der Waals surface area contributed by atoms with Gasteiger partial charge >= 0.3 is 17.9 Å². The van der Waals surface area contributed by atoms with Gasteiger partial charge in [0.1, 0.15) is 17.8 Å². The van der Waals surface area contributed by atoms with Crippen molar-refractivity contribution in [2.75, 3.05) is 6.61 Å². The number of aliphatic hydroxyl groups excluding tert-OH is 1. The van der Waals surface area contributed by atoms with Crippen molar-refractivity contribution in [3.05, 3.63) is 77.6 Å². The average Bonchev–Trinajstić information content (AvgIpc) is 3.09. The molecule has 2 saturated carbocycles. The first-order valence-electron chi connectivity index (χ1n) is 18.1. The maximum atomic E-state index is 15.8. The molecule has 1 heterocycles. The van der Waals surface area contributed by atoms with Gasteiger partial charge in [0, 0.05) is 37.5 Å². The number of allylic oxidation sites excluding steroid dienone is 1. The highest BCUT2D eigenvalue weighted by molar-refractivity contribution is 6.84. The zero-order valence-corrected chi connectivity index (χ0v) is 32.1. The molecule has 2 aromatic carbocycles. The first-order valence-corrected chi connectivity index (χ1v) is 21.0. The second-order valence-electron chi connectivity index (χ2n) is 16.0. The van der Waals surface area contributed by atoms with Gasteiger partial charge in [-0.15, -0.1) is 0 Å². The van der Waals surface area contributed by atoms with Crippen molar-refractivity contribution in [3.8, 4) is 0 Å². The Morgan fingerprint density at radius 3 is 2.17 bits per heavy atom. The van der Waals surface area contributed by atoms with E-state index in [0.717, 1.165) is 5.19 Å². The Labute approximate surface area is 305 Å². The monoisotopic (exact) mass is 734 g/mol. The summed E-state index contributed by atoms with van der Waals surface area (Å²) in [6.45, 7) is 13.5. The summed E-state index contributed by atoms with van der Waals surface area (Å²) in [7, 11) is -2.85. The molecule has 3 aliphatic carbocycles. The number of carbonyl (C=O) groups excluding carboxylic acids is 4. The first-order chi connectivity index (χ1) is 24.3. The number of fused-ring (bicyclic) bond motifs is 5. The molecule has 2 N–H and O–H groups in total. The molecule has 11 nitrogen and oxygen atoms in total. The lowest BCUT2D eigenvalue weighted by Crippen LogP contribution is -2.81. The summed E-state index contributed by atoms with van der Waals surface area (Å²) in [5.41, 5.74) is -6.44. The molecule has 3 unspecified atom stereocenters. The number of Topliss-reactive ketones (excluding diaryl/α,β-unsaturated/α-hetero) is 1. The predicted molar refractivity (Wildman–Crippen MR) is 191 cm³/mol. The van der Waals surface area contributed by atoms with Crippen LogP contribution < -0.4 is 5.19 Å². The minimum Gasteiger partial charge on any atom is -0.455 e. The van der Waals surface area contributed by atoms with Crippen LogP contribution in [0.2, 0.25) is 13.1 Å². The van der Waals surface area contributed by atoms with Crippen LogP contribution in [0.3, 0.4) is 0 Å². The van der Waals surface area contributed by atoms with Crippen molar-refractivity contribution in [2.24, 2.45) is 22.7 Å². The van der Waals surface area contributed by atoms with Crippen molar-refractivity contribution in [1.29, 1.82) is 0 Å². The third-order valence-corrected chi connectivity index (χ3v) is 14.9. The molecule has 6 rings (SSSR count). The van der Waals surface area contributed by atoms with E-state index in [1.807, 2.05) is 43.4 Å². The molecule has 4 aliphatic rings. The fourth-order valence-corrected chi connectivity index (χ4v) is 11.5. The second kappa shape index (κ2) is 13.3. The molecule has 0 amide bonds. The van der Waals surface area contributed by atoms with E-state index >= 15 is 4.79 Å². The van der Waals surface area contributed by atoms with Gasteiger partial charge in [-0.05, 0) is 42.9 Å². The lowest BCUT2D eigenvalue weighted by atomic mass is 9.45. The zero-order valence-electron chi connectivity index (χ0n) is 31.1. The molecule has 0 aromatic heterocycles. The average molecular weight is 735 g/mol. The summed E-state index contributed by atoms with van der Waals surface area (Å²) in [4.78, 5) is 56.2. The van der Waals surface area contributed by atoms with Crippen molar-refractivity contribution in [2.45, 2.75) is 110 Å². The minimum atomic E-state index is -2.85. The summed E-state index contributed by atoms with van der Waals surface area (Å²) < 4.78 is 32.0. The number of esters is 3. The lowest BCUT2D eigenvalue weighted by molar-refractivity contribution is -0.344. The standard InChI is InChI=1S/C40H50O11Si/c1-9-30(43)48-32-31-23(2)27(42)21-40(46,37(31,4)5)35(49-36(45)25-16-12-10-13-17-25)33-38(6,34(32)44)28(20-29-39(33,22-47-29)50-24(3)41)51-52(7,8)26-18-14-11-15-19-26/h10-19,23,27-29,33,35,42,46H,9,20-22H2,1-8H3/t23?,27-,28?,29+,33?,35-,38+,39-,40+/m0/s1. The van der Waals surface area contributed by atoms with E-state index in [2.05, 4.69) is 0 Å². The summed E-state index contributed by atoms with van der Waals surface area (Å²) in [5, 5.41) is 26.0. The Morgan fingerprint density at radius 1 is 1.00 bits per heavy atom. The normalized spacial score (nSPS) is 35.2. The van der Waals surface area contributed by atoms with Crippen molar-refractivity contribution in [3.63, 3.8) is 0 Å². The minimum absolute atomic E-state index is 0.0513. The fraction of sp³-hybridized carbons (Fsp3) is 0.550. The lowest BCUT2D eigenvalue weighted by Gasteiger charge is -2.67. The summed E-state index contributed by atoms with van der Waals surface area (Å²) in [5.74, 6) is -5.08. The summed E-state index contributed by atoms with van der Waals surface area (Å²) in [6.07, 6.45) is -4.79. The Morgan fingerprint density at radius 2 is 1.62 bits per heavy atom. The Kier molecular flexibility index (Phi) is 9.74. The molecule has 1 aliphatic heterocycles. The molecule has 12 heteroatoms. The summed E-state index contributed by atoms with van der Waals surface area (Å²) in [6, 6.07) is 17.9.